The summed E-state index contributed by atoms with van der Waals surface area (Å²) >= 11 is 0. The van der Waals surface area contributed by atoms with Gasteiger partial charge in [-0.2, -0.15) is 0 Å². The Kier molecular flexibility index (Phi) is 10.7. The van der Waals surface area contributed by atoms with E-state index in [4.69, 9.17) is 4.74 Å². The number of nitrogens with zero attached hydrogens (tertiary/aromatic N) is 2. The van der Waals surface area contributed by atoms with Crippen molar-refractivity contribution in [3.05, 3.63) is 59.9 Å². The lowest BCUT2D eigenvalue weighted by Gasteiger charge is -2.30. The van der Waals surface area contributed by atoms with Gasteiger partial charge >= 0.3 is 0 Å². The Balaban J connectivity index is 2.19. The Bertz CT molecular complexity index is 1120. The summed E-state index contributed by atoms with van der Waals surface area (Å²) < 4.78 is 44.9. The standard InChI is InChI=1S/C26H36FN3O5S/c1-6-19(2)28-26(32)20(3)29(18-21-13-15-22(27)16-14-21)25(31)12-9-17-30(36(5,33)34)23-10-7-8-11-24(23)35-4/h7-8,10-11,13-16,19-20H,6,9,12,17-18H2,1-5H3,(H,28,32)/t19-,20+/m0/s1. The maximum atomic E-state index is 13.4. The van der Waals surface area contributed by atoms with Crippen molar-refractivity contribution in [2.45, 2.75) is 58.7 Å². The Hall–Kier alpha value is -3.14. The van der Waals surface area contributed by atoms with Crippen molar-refractivity contribution in [1.82, 2.24) is 10.2 Å². The van der Waals surface area contributed by atoms with E-state index in [9.17, 15) is 22.4 Å². The average molecular weight is 522 g/mol. The lowest BCUT2D eigenvalue weighted by atomic mass is 10.1. The highest BCUT2D eigenvalue weighted by molar-refractivity contribution is 7.92. The highest BCUT2D eigenvalue weighted by Gasteiger charge is 2.27. The van der Waals surface area contributed by atoms with Crippen LogP contribution in [0.2, 0.25) is 0 Å². The Morgan fingerprint density at radius 2 is 1.72 bits per heavy atom. The second-order valence-corrected chi connectivity index (χ2v) is 10.7. The van der Waals surface area contributed by atoms with E-state index >= 15 is 0 Å². The zero-order valence-corrected chi connectivity index (χ0v) is 22.3. The van der Waals surface area contributed by atoms with Gasteiger partial charge in [0.15, 0.2) is 0 Å². The van der Waals surface area contributed by atoms with Gasteiger partial charge in [-0.15, -0.1) is 0 Å². The number of carbonyl (C=O) groups is 2. The number of ether oxygens (including phenoxy) is 1. The fourth-order valence-corrected chi connectivity index (χ4v) is 4.62. The summed E-state index contributed by atoms with van der Waals surface area (Å²) in [5.41, 5.74) is 1.07. The SMILES string of the molecule is CC[C@H](C)NC(=O)[C@@H](C)N(Cc1ccc(F)cc1)C(=O)CCCN(c1ccccc1OC)S(C)(=O)=O. The molecule has 1 N–H and O–H groups in total. The van der Waals surface area contributed by atoms with E-state index < -0.39 is 21.9 Å². The highest BCUT2D eigenvalue weighted by Crippen LogP contribution is 2.29. The number of methoxy groups -OCH3 is 1. The van der Waals surface area contributed by atoms with E-state index in [-0.39, 0.29) is 43.8 Å². The van der Waals surface area contributed by atoms with Crippen molar-refractivity contribution in [3.63, 3.8) is 0 Å². The third kappa shape index (κ3) is 8.22. The highest BCUT2D eigenvalue weighted by atomic mass is 32.2. The number of benzene rings is 2. The summed E-state index contributed by atoms with van der Waals surface area (Å²) in [7, 11) is -2.18. The monoisotopic (exact) mass is 521 g/mol. The summed E-state index contributed by atoms with van der Waals surface area (Å²) in [6.45, 7) is 5.66. The Labute approximate surface area is 213 Å². The molecule has 0 heterocycles. The summed E-state index contributed by atoms with van der Waals surface area (Å²) in [4.78, 5) is 27.5. The second kappa shape index (κ2) is 13.2. The number of anilines is 1. The summed E-state index contributed by atoms with van der Waals surface area (Å²) in [5.74, 6) is -0.579. The van der Waals surface area contributed by atoms with Crippen LogP contribution in [0.1, 0.15) is 45.6 Å². The van der Waals surface area contributed by atoms with Gasteiger partial charge in [0.1, 0.15) is 17.6 Å². The molecule has 0 spiro atoms. The molecule has 0 bridgehead atoms. The molecule has 2 rings (SSSR count). The molecule has 0 aliphatic rings. The third-order valence-corrected chi connectivity index (χ3v) is 7.12. The van der Waals surface area contributed by atoms with E-state index in [2.05, 4.69) is 5.32 Å². The number of sulfonamides is 1. The van der Waals surface area contributed by atoms with Crippen LogP contribution in [0.15, 0.2) is 48.5 Å². The van der Waals surface area contributed by atoms with E-state index in [0.29, 0.717) is 17.0 Å². The van der Waals surface area contributed by atoms with Crippen molar-refractivity contribution in [1.29, 1.82) is 0 Å². The molecule has 8 nitrogen and oxygen atoms in total. The molecule has 0 saturated carbocycles. The van der Waals surface area contributed by atoms with Crippen LogP contribution >= 0.6 is 0 Å². The van der Waals surface area contributed by atoms with Crippen LogP contribution in [-0.2, 0) is 26.2 Å². The fraction of sp³-hybridized carbons (Fsp3) is 0.462. The zero-order chi connectivity index (χ0) is 26.9. The normalized spacial score (nSPS) is 12.9. The molecule has 0 aromatic heterocycles. The molecule has 198 valence electrons. The number of amides is 2. The minimum atomic E-state index is -3.64. The van der Waals surface area contributed by atoms with E-state index in [1.165, 1.54) is 28.4 Å². The van der Waals surface area contributed by atoms with E-state index in [1.807, 2.05) is 13.8 Å². The number of hydrogen-bond donors (Lipinski definition) is 1. The van der Waals surface area contributed by atoms with Gasteiger partial charge in [-0.05, 0) is 56.5 Å². The molecule has 0 aliphatic carbocycles. The number of rotatable bonds is 13. The number of hydrogen-bond acceptors (Lipinski definition) is 5. The van der Waals surface area contributed by atoms with Crippen LogP contribution in [0, 0.1) is 5.82 Å². The van der Waals surface area contributed by atoms with Gasteiger partial charge in [-0.3, -0.25) is 13.9 Å². The first-order valence-corrected chi connectivity index (χ1v) is 13.8. The molecule has 0 saturated heterocycles. The lowest BCUT2D eigenvalue weighted by molar-refractivity contribution is -0.140. The summed E-state index contributed by atoms with van der Waals surface area (Å²) in [6.07, 6.45) is 2.09. The quantitative estimate of drug-likeness (QED) is 0.434. The molecule has 2 aromatic rings. The molecule has 2 atom stereocenters. The van der Waals surface area contributed by atoms with Gasteiger partial charge in [-0.1, -0.05) is 31.2 Å². The van der Waals surface area contributed by atoms with Gasteiger partial charge < -0.3 is 15.0 Å². The smallest absolute Gasteiger partial charge is 0.242 e. The third-order valence-electron chi connectivity index (χ3n) is 5.94. The lowest BCUT2D eigenvalue weighted by Crippen LogP contribution is -2.49. The number of para-hydroxylation sites is 2. The predicted octanol–water partition coefficient (Wildman–Crippen LogP) is 3.71. The molecule has 10 heteroatoms. The molecule has 0 aliphatic heterocycles. The number of nitrogens with one attached hydrogen (secondary N) is 1. The van der Waals surface area contributed by atoms with Crippen LogP contribution in [-0.4, -0.2) is 57.1 Å². The van der Waals surface area contributed by atoms with Crippen LogP contribution in [0.3, 0.4) is 0 Å². The van der Waals surface area contributed by atoms with Gasteiger partial charge in [0, 0.05) is 25.6 Å². The Morgan fingerprint density at radius 3 is 2.31 bits per heavy atom. The van der Waals surface area contributed by atoms with Crippen LogP contribution in [0.25, 0.3) is 0 Å². The summed E-state index contributed by atoms with van der Waals surface area (Å²) in [6, 6.07) is 11.7. The molecule has 2 aromatic carbocycles. The largest absolute Gasteiger partial charge is 0.495 e. The predicted molar refractivity (Wildman–Crippen MR) is 139 cm³/mol. The first kappa shape index (κ1) is 29.1. The molecular formula is C26H36FN3O5S. The first-order chi connectivity index (χ1) is 17.0. The van der Waals surface area contributed by atoms with Crippen LogP contribution in [0.5, 0.6) is 5.75 Å². The van der Waals surface area contributed by atoms with Gasteiger partial charge in [0.05, 0.1) is 19.1 Å². The van der Waals surface area contributed by atoms with Crippen LogP contribution < -0.4 is 14.4 Å². The molecule has 0 unspecified atom stereocenters. The molecule has 0 radical (unpaired) electrons. The maximum absolute atomic E-state index is 13.4. The molecule has 2 amide bonds. The number of carbonyl (C=O) groups excluding carboxylic acids is 2. The van der Waals surface area contributed by atoms with Gasteiger partial charge in [-0.25, -0.2) is 12.8 Å². The Morgan fingerprint density at radius 1 is 1.08 bits per heavy atom. The van der Waals surface area contributed by atoms with Crippen LogP contribution in [0.4, 0.5) is 10.1 Å². The summed E-state index contributed by atoms with van der Waals surface area (Å²) in [5, 5.41) is 2.89. The second-order valence-electron chi connectivity index (χ2n) is 8.75. The van der Waals surface area contributed by atoms with Gasteiger partial charge in [0.2, 0.25) is 21.8 Å². The van der Waals surface area contributed by atoms with E-state index in [1.54, 1.807) is 43.3 Å². The topological polar surface area (TPSA) is 96.0 Å². The molecular weight excluding hydrogens is 485 g/mol. The van der Waals surface area contributed by atoms with Gasteiger partial charge in [0.25, 0.3) is 0 Å². The maximum Gasteiger partial charge on any atom is 0.242 e. The van der Waals surface area contributed by atoms with Crippen molar-refractivity contribution >= 4 is 27.5 Å². The number of halogens is 1. The molecule has 0 fully saturated rings. The van der Waals surface area contributed by atoms with E-state index in [0.717, 1.165) is 12.7 Å². The molecule has 36 heavy (non-hydrogen) atoms. The van der Waals surface area contributed by atoms with Crippen molar-refractivity contribution in [2.24, 2.45) is 0 Å². The van der Waals surface area contributed by atoms with Crippen molar-refractivity contribution in [2.75, 3.05) is 24.2 Å². The first-order valence-electron chi connectivity index (χ1n) is 11.9. The fourth-order valence-electron chi connectivity index (χ4n) is 3.65. The minimum Gasteiger partial charge on any atom is -0.495 e. The zero-order valence-electron chi connectivity index (χ0n) is 21.5. The van der Waals surface area contributed by atoms with Crippen molar-refractivity contribution < 1.29 is 27.1 Å². The average Bonchev–Trinajstić information content (AvgIpc) is 2.84. The van der Waals surface area contributed by atoms with Crippen molar-refractivity contribution in [3.8, 4) is 5.75 Å². The minimum absolute atomic E-state index is 0.0172.